The standard InChI is InChI=1S/C17H17Cl3N2O/c1-22(11-12-6-7-13(18)10-15(12)20)9-8-17(23)21-16-5-3-2-4-14(16)19/h2-7,10H,8-9,11H2,1H3,(H,21,23). The highest BCUT2D eigenvalue weighted by Gasteiger charge is 2.09. The Morgan fingerprint density at radius 3 is 2.52 bits per heavy atom. The van der Waals surface area contributed by atoms with Gasteiger partial charge in [-0.3, -0.25) is 4.79 Å². The number of halogens is 3. The Morgan fingerprint density at radius 1 is 1.09 bits per heavy atom. The van der Waals surface area contributed by atoms with Crippen LogP contribution in [0.25, 0.3) is 0 Å². The summed E-state index contributed by atoms with van der Waals surface area (Å²) >= 11 is 18.1. The van der Waals surface area contributed by atoms with Crippen LogP contribution in [0.4, 0.5) is 5.69 Å². The lowest BCUT2D eigenvalue weighted by atomic mass is 10.2. The van der Waals surface area contributed by atoms with E-state index in [1.54, 1.807) is 24.3 Å². The van der Waals surface area contributed by atoms with Gasteiger partial charge in [0, 0.05) is 29.6 Å². The van der Waals surface area contributed by atoms with Crippen molar-refractivity contribution in [1.29, 1.82) is 0 Å². The van der Waals surface area contributed by atoms with Gasteiger partial charge in [-0.2, -0.15) is 0 Å². The number of para-hydroxylation sites is 1. The van der Waals surface area contributed by atoms with Crippen molar-refractivity contribution in [1.82, 2.24) is 4.90 Å². The molecule has 2 aromatic rings. The Labute approximate surface area is 151 Å². The van der Waals surface area contributed by atoms with Crippen LogP contribution in [0.2, 0.25) is 15.1 Å². The maximum absolute atomic E-state index is 12.0. The summed E-state index contributed by atoms with van der Waals surface area (Å²) in [5.41, 5.74) is 1.60. The van der Waals surface area contributed by atoms with Gasteiger partial charge in [0.15, 0.2) is 0 Å². The third kappa shape index (κ3) is 5.70. The Kier molecular flexibility index (Phi) is 6.72. The Balaban J connectivity index is 1.83. The van der Waals surface area contributed by atoms with Gasteiger partial charge in [0.1, 0.15) is 0 Å². The number of hydrogen-bond acceptors (Lipinski definition) is 2. The summed E-state index contributed by atoms with van der Waals surface area (Å²) in [6.07, 6.45) is 0.368. The summed E-state index contributed by atoms with van der Waals surface area (Å²) in [6, 6.07) is 12.6. The maximum Gasteiger partial charge on any atom is 0.225 e. The third-order valence-corrected chi connectivity index (χ3v) is 4.24. The van der Waals surface area contributed by atoms with E-state index in [9.17, 15) is 4.79 Å². The molecule has 2 rings (SSSR count). The second kappa shape index (κ2) is 8.55. The first kappa shape index (κ1) is 18.1. The summed E-state index contributed by atoms with van der Waals surface area (Å²) in [4.78, 5) is 14.0. The fraction of sp³-hybridized carbons (Fsp3) is 0.235. The number of anilines is 1. The topological polar surface area (TPSA) is 32.3 Å². The molecule has 3 nitrogen and oxygen atoms in total. The zero-order valence-electron chi connectivity index (χ0n) is 12.7. The number of nitrogens with one attached hydrogen (secondary N) is 1. The molecule has 0 unspecified atom stereocenters. The molecule has 0 saturated heterocycles. The van der Waals surface area contributed by atoms with E-state index in [0.29, 0.717) is 40.3 Å². The number of nitrogens with zero attached hydrogens (tertiary/aromatic N) is 1. The molecule has 2 aromatic carbocycles. The number of carbonyl (C=O) groups excluding carboxylic acids is 1. The van der Waals surface area contributed by atoms with Gasteiger partial charge in [-0.1, -0.05) is 53.0 Å². The monoisotopic (exact) mass is 370 g/mol. The van der Waals surface area contributed by atoms with E-state index in [0.717, 1.165) is 5.56 Å². The van der Waals surface area contributed by atoms with Crippen molar-refractivity contribution in [2.24, 2.45) is 0 Å². The molecule has 0 atom stereocenters. The Bertz CT molecular complexity index is 691. The minimum atomic E-state index is -0.0767. The van der Waals surface area contributed by atoms with Crippen LogP contribution in [0.1, 0.15) is 12.0 Å². The summed E-state index contributed by atoms with van der Waals surface area (Å²) in [6.45, 7) is 1.25. The van der Waals surface area contributed by atoms with E-state index in [4.69, 9.17) is 34.8 Å². The van der Waals surface area contributed by atoms with Crippen molar-refractivity contribution in [3.8, 4) is 0 Å². The quantitative estimate of drug-likeness (QED) is 0.765. The lowest BCUT2D eigenvalue weighted by Gasteiger charge is -2.17. The Morgan fingerprint density at radius 2 is 1.83 bits per heavy atom. The van der Waals surface area contributed by atoms with Crippen molar-refractivity contribution in [3.05, 3.63) is 63.1 Å². The predicted molar refractivity (Wildman–Crippen MR) is 97.5 cm³/mol. The van der Waals surface area contributed by atoms with E-state index in [1.807, 2.05) is 30.1 Å². The number of hydrogen-bond donors (Lipinski definition) is 1. The zero-order valence-corrected chi connectivity index (χ0v) is 14.9. The summed E-state index contributed by atoms with van der Waals surface area (Å²) in [7, 11) is 1.94. The average molecular weight is 372 g/mol. The van der Waals surface area contributed by atoms with Crippen LogP contribution >= 0.6 is 34.8 Å². The van der Waals surface area contributed by atoms with Gasteiger partial charge in [0.25, 0.3) is 0 Å². The fourth-order valence-corrected chi connectivity index (χ4v) is 2.74. The van der Waals surface area contributed by atoms with E-state index < -0.39 is 0 Å². The summed E-state index contributed by atoms with van der Waals surface area (Å²) < 4.78 is 0. The zero-order chi connectivity index (χ0) is 16.8. The number of benzene rings is 2. The second-order valence-corrected chi connectivity index (χ2v) is 6.50. The first-order chi connectivity index (χ1) is 11.0. The van der Waals surface area contributed by atoms with E-state index in [1.165, 1.54) is 0 Å². The van der Waals surface area contributed by atoms with Crippen LogP contribution in [0, 0.1) is 0 Å². The van der Waals surface area contributed by atoms with Crippen LogP contribution in [0.15, 0.2) is 42.5 Å². The van der Waals surface area contributed by atoms with Crippen molar-refractivity contribution >= 4 is 46.4 Å². The minimum absolute atomic E-state index is 0.0767. The molecule has 1 amide bonds. The maximum atomic E-state index is 12.0. The van der Waals surface area contributed by atoms with E-state index >= 15 is 0 Å². The second-order valence-electron chi connectivity index (χ2n) is 5.25. The van der Waals surface area contributed by atoms with Crippen molar-refractivity contribution < 1.29 is 4.79 Å². The summed E-state index contributed by atoms with van der Waals surface area (Å²) in [5, 5.41) is 4.58. The van der Waals surface area contributed by atoms with Crippen molar-refractivity contribution in [2.75, 3.05) is 18.9 Å². The van der Waals surface area contributed by atoms with E-state index in [2.05, 4.69) is 5.32 Å². The van der Waals surface area contributed by atoms with Gasteiger partial charge in [-0.25, -0.2) is 0 Å². The lowest BCUT2D eigenvalue weighted by molar-refractivity contribution is -0.116. The van der Waals surface area contributed by atoms with Crippen LogP contribution in [0.3, 0.4) is 0 Å². The molecular formula is C17H17Cl3N2O. The molecule has 122 valence electrons. The minimum Gasteiger partial charge on any atom is -0.325 e. The molecule has 1 N–H and O–H groups in total. The molecule has 23 heavy (non-hydrogen) atoms. The lowest BCUT2D eigenvalue weighted by Crippen LogP contribution is -2.24. The molecule has 0 aliphatic rings. The molecule has 0 aromatic heterocycles. The van der Waals surface area contributed by atoms with Gasteiger partial charge < -0.3 is 10.2 Å². The average Bonchev–Trinajstić information content (AvgIpc) is 2.50. The highest BCUT2D eigenvalue weighted by Crippen LogP contribution is 2.22. The fourth-order valence-electron chi connectivity index (χ4n) is 2.09. The van der Waals surface area contributed by atoms with Crippen LogP contribution in [-0.4, -0.2) is 24.4 Å². The highest BCUT2D eigenvalue weighted by molar-refractivity contribution is 6.35. The molecule has 0 aliphatic carbocycles. The third-order valence-electron chi connectivity index (χ3n) is 3.32. The molecule has 0 bridgehead atoms. The smallest absolute Gasteiger partial charge is 0.225 e. The Hall–Kier alpha value is -1.26. The predicted octanol–water partition coefficient (Wildman–Crippen LogP) is 5.11. The van der Waals surface area contributed by atoms with Gasteiger partial charge in [0.05, 0.1) is 10.7 Å². The van der Waals surface area contributed by atoms with E-state index in [-0.39, 0.29) is 5.91 Å². The first-order valence-electron chi connectivity index (χ1n) is 7.12. The van der Waals surface area contributed by atoms with Crippen LogP contribution in [0.5, 0.6) is 0 Å². The van der Waals surface area contributed by atoms with Crippen molar-refractivity contribution in [2.45, 2.75) is 13.0 Å². The molecule has 0 spiro atoms. The molecule has 6 heteroatoms. The van der Waals surface area contributed by atoms with Crippen molar-refractivity contribution in [3.63, 3.8) is 0 Å². The van der Waals surface area contributed by atoms with Gasteiger partial charge in [-0.15, -0.1) is 0 Å². The molecule has 0 aliphatic heterocycles. The molecular weight excluding hydrogens is 355 g/mol. The molecule has 0 heterocycles. The van der Waals surface area contributed by atoms with Gasteiger partial charge in [0.2, 0.25) is 5.91 Å². The molecule has 0 fully saturated rings. The number of rotatable bonds is 6. The highest BCUT2D eigenvalue weighted by atomic mass is 35.5. The number of amides is 1. The van der Waals surface area contributed by atoms with Gasteiger partial charge >= 0.3 is 0 Å². The molecule has 0 radical (unpaired) electrons. The largest absolute Gasteiger partial charge is 0.325 e. The molecule has 0 saturated carbocycles. The summed E-state index contributed by atoms with van der Waals surface area (Å²) in [5.74, 6) is -0.0767. The first-order valence-corrected chi connectivity index (χ1v) is 8.26. The normalized spacial score (nSPS) is 10.8. The SMILES string of the molecule is CN(CCC(=O)Nc1ccccc1Cl)Cc1ccc(Cl)cc1Cl. The number of carbonyl (C=O) groups is 1. The van der Waals surface area contributed by atoms with Crippen LogP contribution in [-0.2, 0) is 11.3 Å². The van der Waals surface area contributed by atoms with Crippen LogP contribution < -0.4 is 5.32 Å². The van der Waals surface area contributed by atoms with Gasteiger partial charge in [-0.05, 0) is 36.9 Å².